The van der Waals surface area contributed by atoms with Gasteiger partial charge in [-0.15, -0.1) is 0 Å². The van der Waals surface area contributed by atoms with Crippen molar-refractivity contribution >= 4 is 23.4 Å². The molecule has 0 fully saturated rings. The summed E-state index contributed by atoms with van der Waals surface area (Å²) >= 11 is 0. The number of carbonyl (C=O) groups excluding carboxylic acids is 3. The number of ether oxygens (including phenoxy) is 1. The topological polar surface area (TPSA) is 87.7 Å². The summed E-state index contributed by atoms with van der Waals surface area (Å²) in [6.07, 6.45) is 0.736. The molecule has 0 aliphatic carbocycles. The zero-order chi connectivity index (χ0) is 22.1. The van der Waals surface area contributed by atoms with E-state index >= 15 is 0 Å². The standard InChI is InChI=1S/C23H29N3O4/c1-16-7-5-8-17(2)22(16)25-20(27)15-26(3)21(28)9-6-14-24-23(29)18-10-12-19(30-4)13-11-18/h5,7-8,10-13H,6,9,14-15H2,1-4H3,(H,24,29)(H,25,27). The number of hydrogen-bond acceptors (Lipinski definition) is 4. The molecule has 0 saturated carbocycles. The average Bonchev–Trinajstić information content (AvgIpc) is 2.73. The minimum atomic E-state index is -0.240. The van der Waals surface area contributed by atoms with Gasteiger partial charge in [-0.3, -0.25) is 14.4 Å². The van der Waals surface area contributed by atoms with Crippen molar-refractivity contribution in [3.05, 3.63) is 59.2 Å². The molecule has 160 valence electrons. The first-order chi connectivity index (χ1) is 14.3. The highest BCUT2D eigenvalue weighted by molar-refractivity contribution is 5.96. The molecule has 2 N–H and O–H groups in total. The zero-order valence-corrected chi connectivity index (χ0v) is 18.0. The van der Waals surface area contributed by atoms with E-state index in [1.165, 1.54) is 4.90 Å². The number of anilines is 1. The molecule has 2 rings (SSSR count). The number of benzene rings is 2. The molecule has 0 aliphatic heterocycles. The normalized spacial score (nSPS) is 10.3. The second-order valence-corrected chi connectivity index (χ2v) is 7.15. The fraction of sp³-hybridized carbons (Fsp3) is 0.348. The van der Waals surface area contributed by atoms with Crippen molar-refractivity contribution in [2.75, 3.05) is 32.6 Å². The largest absolute Gasteiger partial charge is 0.497 e. The first-order valence-electron chi connectivity index (χ1n) is 9.84. The lowest BCUT2D eigenvalue weighted by atomic mass is 10.1. The minimum absolute atomic E-state index is 0.0230. The van der Waals surface area contributed by atoms with Gasteiger partial charge >= 0.3 is 0 Å². The van der Waals surface area contributed by atoms with Gasteiger partial charge in [0.1, 0.15) is 5.75 Å². The Balaban J connectivity index is 1.72. The third kappa shape index (κ3) is 6.62. The lowest BCUT2D eigenvalue weighted by molar-refractivity contribution is -0.133. The van der Waals surface area contributed by atoms with Crippen LogP contribution in [-0.4, -0.2) is 49.9 Å². The molecule has 2 aromatic carbocycles. The predicted octanol–water partition coefficient (Wildman–Crippen LogP) is 2.92. The van der Waals surface area contributed by atoms with Crippen LogP contribution in [0.15, 0.2) is 42.5 Å². The number of carbonyl (C=O) groups is 3. The molecule has 0 unspecified atom stereocenters. The lowest BCUT2D eigenvalue weighted by Gasteiger charge is -2.18. The Bertz CT molecular complexity index is 874. The van der Waals surface area contributed by atoms with E-state index in [2.05, 4.69) is 10.6 Å². The van der Waals surface area contributed by atoms with E-state index in [0.717, 1.165) is 16.8 Å². The average molecular weight is 412 g/mol. The van der Waals surface area contributed by atoms with Crippen molar-refractivity contribution in [3.63, 3.8) is 0 Å². The Morgan fingerprint density at radius 1 is 1.00 bits per heavy atom. The van der Waals surface area contributed by atoms with Gasteiger partial charge in [-0.05, 0) is 55.7 Å². The van der Waals surface area contributed by atoms with Crippen molar-refractivity contribution in [2.45, 2.75) is 26.7 Å². The van der Waals surface area contributed by atoms with E-state index in [4.69, 9.17) is 4.74 Å². The van der Waals surface area contributed by atoms with Gasteiger partial charge in [0.2, 0.25) is 11.8 Å². The van der Waals surface area contributed by atoms with Gasteiger partial charge in [-0.1, -0.05) is 18.2 Å². The maximum Gasteiger partial charge on any atom is 0.251 e. The van der Waals surface area contributed by atoms with Crippen LogP contribution in [0.3, 0.4) is 0 Å². The lowest BCUT2D eigenvalue weighted by Crippen LogP contribution is -2.35. The molecule has 0 bridgehead atoms. The van der Waals surface area contributed by atoms with E-state index in [1.807, 2.05) is 32.0 Å². The number of methoxy groups -OCH3 is 1. The summed E-state index contributed by atoms with van der Waals surface area (Å²) in [5.41, 5.74) is 3.27. The molecular formula is C23H29N3O4. The van der Waals surface area contributed by atoms with Crippen LogP contribution in [-0.2, 0) is 9.59 Å². The van der Waals surface area contributed by atoms with Crippen LogP contribution in [0, 0.1) is 13.8 Å². The smallest absolute Gasteiger partial charge is 0.251 e. The van der Waals surface area contributed by atoms with Gasteiger partial charge in [-0.25, -0.2) is 0 Å². The van der Waals surface area contributed by atoms with Gasteiger partial charge in [0.15, 0.2) is 0 Å². The first-order valence-corrected chi connectivity index (χ1v) is 9.84. The Labute approximate surface area is 177 Å². The molecule has 0 saturated heterocycles. The van der Waals surface area contributed by atoms with Crippen LogP contribution in [0.5, 0.6) is 5.75 Å². The van der Waals surface area contributed by atoms with Crippen LogP contribution >= 0.6 is 0 Å². The van der Waals surface area contributed by atoms with E-state index in [9.17, 15) is 14.4 Å². The number of para-hydroxylation sites is 1. The molecular weight excluding hydrogens is 382 g/mol. The Hall–Kier alpha value is -3.35. The van der Waals surface area contributed by atoms with Crippen molar-refractivity contribution in [2.24, 2.45) is 0 Å². The summed E-state index contributed by atoms with van der Waals surface area (Å²) in [4.78, 5) is 38.0. The summed E-state index contributed by atoms with van der Waals surface area (Å²) < 4.78 is 5.07. The Morgan fingerprint density at radius 3 is 2.23 bits per heavy atom. The Kier molecular flexibility index (Phi) is 8.41. The fourth-order valence-electron chi connectivity index (χ4n) is 2.97. The highest BCUT2D eigenvalue weighted by Crippen LogP contribution is 2.19. The van der Waals surface area contributed by atoms with Crippen LogP contribution in [0.4, 0.5) is 5.69 Å². The SMILES string of the molecule is COc1ccc(C(=O)NCCCC(=O)N(C)CC(=O)Nc2c(C)cccc2C)cc1. The predicted molar refractivity (Wildman–Crippen MR) is 117 cm³/mol. The number of likely N-dealkylation sites (N-methyl/N-ethyl adjacent to an activating group) is 1. The second kappa shape index (κ2) is 11.0. The van der Waals surface area contributed by atoms with Crippen molar-refractivity contribution in [1.82, 2.24) is 10.2 Å². The fourth-order valence-corrected chi connectivity index (χ4v) is 2.97. The highest BCUT2D eigenvalue weighted by Gasteiger charge is 2.14. The van der Waals surface area contributed by atoms with Crippen molar-refractivity contribution in [3.8, 4) is 5.75 Å². The quantitative estimate of drug-likeness (QED) is 0.621. The number of hydrogen-bond donors (Lipinski definition) is 2. The third-order valence-electron chi connectivity index (χ3n) is 4.76. The third-order valence-corrected chi connectivity index (χ3v) is 4.76. The number of amides is 3. The summed E-state index contributed by atoms with van der Waals surface area (Å²) in [6, 6.07) is 12.6. The zero-order valence-electron chi connectivity index (χ0n) is 18.0. The summed E-state index contributed by atoms with van der Waals surface area (Å²) in [5, 5.41) is 5.66. The maximum absolute atomic E-state index is 12.3. The number of aryl methyl sites for hydroxylation is 2. The van der Waals surface area contributed by atoms with Crippen LogP contribution in [0.1, 0.15) is 34.3 Å². The molecule has 7 nitrogen and oxygen atoms in total. The van der Waals surface area contributed by atoms with Gasteiger partial charge in [0, 0.05) is 31.3 Å². The number of nitrogens with one attached hydrogen (secondary N) is 2. The second-order valence-electron chi connectivity index (χ2n) is 7.15. The molecule has 0 radical (unpaired) electrons. The van der Waals surface area contributed by atoms with Gasteiger partial charge in [0.25, 0.3) is 5.91 Å². The van der Waals surface area contributed by atoms with E-state index in [0.29, 0.717) is 24.3 Å². The molecule has 2 aromatic rings. The van der Waals surface area contributed by atoms with Crippen molar-refractivity contribution < 1.29 is 19.1 Å². The molecule has 0 atom stereocenters. The van der Waals surface area contributed by atoms with Gasteiger partial charge in [-0.2, -0.15) is 0 Å². The molecule has 0 aliphatic rings. The van der Waals surface area contributed by atoms with E-state index in [1.54, 1.807) is 38.4 Å². The number of nitrogens with zero attached hydrogens (tertiary/aromatic N) is 1. The molecule has 7 heteroatoms. The summed E-state index contributed by atoms with van der Waals surface area (Å²) in [6.45, 7) is 4.21. The summed E-state index contributed by atoms with van der Waals surface area (Å²) in [5.74, 6) is 0.0923. The molecule has 3 amide bonds. The monoisotopic (exact) mass is 411 g/mol. The number of rotatable bonds is 9. The van der Waals surface area contributed by atoms with E-state index < -0.39 is 0 Å². The van der Waals surface area contributed by atoms with Crippen LogP contribution < -0.4 is 15.4 Å². The molecule has 0 spiro atoms. The molecule has 0 aromatic heterocycles. The minimum Gasteiger partial charge on any atom is -0.497 e. The van der Waals surface area contributed by atoms with Gasteiger partial charge < -0.3 is 20.3 Å². The first kappa shape index (κ1) is 22.9. The molecule has 30 heavy (non-hydrogen) atoms. The summed E-state index contributed by atoms with van der Waals surface area (Å²) in [7, 11) is 3.17. The van der Waals surface area contributed by atoms with Crippen LogP contribution in [0.2, 0.25) is 0 Å². The van der Waals surface area contributed by atoms with E-state index in [-0.39, 0.29) is 30.7 Å². The molecule has 0 heterocycles. The Morgan fingerprint density at radius 2 is 1.63 bits per heavy atom. The van der Waals surface area contributed by atoms with Gasteiger partial charge in [0.05, 0.1) is 13.7 Å². The van der Waals surface area contributed by atoms with Crippen LogP contribution in [0.25, 0.3) is 0 Å². The highest BCUT2D eigenvalue weighted by atomic mass is 16.5. The maximum atomic E-state index is 12.3. The van der Waals surface area contributed by atoms with Crippen molar-refractivity contribution in [1.29, 1.82) is 0 Å².